The number of esters is 1. The quantitative estimate of drug-likeness (QED) is 0.256. The van der Waals surface area contributed by atoms with E-state index in [-0.39, 0.29) is 12.6 Å². The maximum absolute atomic E-state index is 10.3. The Morgan fingerprint density at radius 3 is 2.58 bits per heavy atom. The van der Waals surface area contributed by atoms with Crippen LogP contribution in [0.3, 0.4) is 0 Å². The minimum Gasteiger partial charge on any atom is -0.464 e. The van der Waals surface area contributed by atoms with Gasteiger partial charge in [0.25, 0.3) is 0 Å². The van der Waals surface area contributed by atoms with E-state index < -0.39 is 0 Å². The first-order valence-electron chi connectivity index (χ1n) is 3.47. The number of rotatable bonds is 6. The maximum atomic E-state index is 10.3. The molecule has 0 unspecified atom stereocenters. The molecule has 0 rings (SSSR count). The van der Waals surface area contributed by atoms with Crippen LogP contribution in [0.15, 0.2) is 0 Å². The van der Waals surface area contributed by atoms with Gasteiger partial charge in [-0.25, -0.2) is 8.00 Å². The van der Waals surface area contributed by atoms with Crippen molar-refractivity contribution < 1.29 is 19.7 Å². The van der Waals surface area contributed by atoms with Gasteiger partial charge in [0.2, 0.25) is 0 Å². The van der Waals surface area contributed by atoms with Gasteiger partial charge >= 0.3 is 5.97 Å². The van der Waals surface area contributed by atoms with Crippen molar-refractivity contribution in [1.29, 1.82) is 0 Å². The van der Waals surface area contributed by atoms with E-state index in [1.165, 1.54) is 6.92 Å². The Kier molecular flexibility index (Phi) is 7.77. The third-order valence-corrected chi connectivity index (χ3v) is 2.03. The third-order valence-electron chi connectivity index (χ3n) is 1.06. The van der Waals surface area contributed by atoms with Crippen LogP contribution in [0.2, 0.25) is 0 Å². The summed E-state index contributed by atoms with van der Waals surface area (Å²) in [6.45, 7) is 3.21. The lowest BCUT2D eigenvalue weighted by atomic mass is 10.6. The predicted octanol–water partition coefficient (Wildman–Crippen LogP) is 0.691. The fourth-order valence-electron chi connectivity index (χ4n) is 0.540. The summed E-state index contributed by atoms with van der Waals surface area (Å²) in [5, 5.41) is 8.01. The lowest BCUT2D eigenvalue weighted by Crippen LogP contribution is -2.22. The number of halogens is 1. The van der Waals surface area contributed by atoms with Gasteiger partial charge in [-0.1, -0.05) is 0 Å². The maximum Gasteiger partial charge on any atom is 0.302 e. The molecule has 6 heteroatoms. The Hall–Kier alpha value is 0.0800. The summed E-state index contributed by atoms with van der Waals surface area (Å²) in [6.07, 6.45) is 0. The van der Waals surface area contributed by atoms with Crippen LogP contribution < -0.4 is 0 Å². The van der Waals surface area contributed by atoms with Gasteiger partial charge in [0, 0.05) is 42.9 Å². The number of hydrogen-bond acceptors (Lipinski definition) is 5. The van der Waals surface area contributed by atoms with E-state index in [0.717, 1.165) is 0 Å². The fraction of sp³-hybridized carbons (Fsp3) is 0.833. The second-order valence-electron chi connectivity index (χ2n) is 2.08. The monoisotopic (exact) mass is 289 g/mol. The van der Waals surface area contributed by atoms with E-state index in [1.54, 1.807) is 0 Å². The molecule has 0 atom stereocenters. The van der Waals surface area contributed by atoms with Crippen LogP contribution in [0.1, 0.15) is 6.92 Å². The van der Waals surface area contributed by atoms with Gasteiger partial charge in [-0.15, -0.1) is 0 Å². The molecule has 1 N–H and O–H groups in total. The number of carbonyl (C=O) groups excluding carboxylic acids is 1. The van der Waals surface area contributed by atoms with Crippen molar-refractivity contribution in [2.24, 2.45) is 0 Å². The molecule has 0 spiro atoms. The lowest BCUT2D eigenvalue weighted by Gasteiger charge is -2.12. The fourth-order valence-corrected chi connectivity index (χ4v) is 0.934. The Bertz CT molecular complexity index is 133. The molecular weight excluding hydrogens is 277 g/mol. The molecule has 0 aliphatic carbocycles. The van der Waals surface area contributed by atoms with Crippen LogP contribution in [-0.2, 0) is 14.4 Å². The van der Waals surface area contributed by atoms with E-state index in [1.807, 2.05) is 3.11 Å². The zero-order chi connectivity index (χ0) is 9.40. The molecule has 0 bridgehead atoms. The molecule has 0 radical (unpaired) electrons. The van der Waals surface area contributed by atoms with Crippen LogP contribution in [-0.4, -0.2) is 40.6 Å². The van der Waals surface area contributed by atoms with Gasteiger partial charge in [-0.05, 0) is 0 Å². The smallest absolute Gasteiger partial charge is 0.302 e. The van der Waals surface area contributed by atoms with Crippen molar-refractivity contribution in [2.75, 3.05) is 26.3 Å². The van der Waals surface area contributed by atoms with E-state index in [2.05, 4.69) is 27.8 Å². The van der Waals surface area contributed by atoms with Gasteiger partial charge in [-0.2, -0.15) is 0 Å². The Morgan fingerprint density at radius 1 is 1.50 bits per heavy atom. The zero-order valence-electron chi connectivity index (χ0n) is 6.83. The number of carbonyl (C=O) groups is 1. The largest absolute Gasteiger partial charge is 0.464 e. The van der Waals surface area contributed by atoms with Crippen LogP contribution in [0, 0.1) is 0 Å². The first kappa shape index (κ1) is 12.1. The predicted molar refractivity (Wildman–Crippen MR) is 50.8 cm³/mol. The van der Waals surface area contributed by atoms with Crippen molar-refractivity contribution in [3.63, 3.8) is 0 Å². The minimum absolute atomic E-state index is 0.253. The molecule has 0 aromatic carbocycles. The first-order chi connectivity index (χ1) is 5.66. The number of ether oxygens (including phenoxy) is 1. The first-order valence-corrected chi connectivity index (χ1v) is 4.43. The summed E-state index contributed by atoms with van der Waals surface area (Å²) in [5.74, 6) is -0.279. The SMILES string of the molecule is CC(=O)OCCN(I)CCOO. The van der Waals surface area contributed by atoms with Gasteiger partial charge in [0.05, 0.1) is 6.61 Å². The average Bonchev–Trinajstić information content (AvgIpc) is 2.00. The van der Waals surface area contributed by atoms with Crippen LogP contribution in [0.25, 0.3) is 0 Å². The van der Waals surface area contributed by atoms with Crippen molar-refractivity contribution in [3.05, 3.63) is 0 Å². The molecule has 0 aliphatic rings. The van der Waals surface area contributed by atoms with Crippen LogP contribution in [0.4, 0.5) is 0 Å². The summed E-state index contributed by atoms with van der Waals surface area (Å²) >= 11 is 2.06. The highest BCUT2D eigenvalue weighted by Crippen LogP contribution is 1.97. The molecule has 12 heavy (non-hydrogen) atoms. The van der Waals surface area contributed by atoms with Gasteiger partial charge in [0.1, 0.15) is 6.61 Å². The molecule has 0 heterocycles. The van der Waals surface area contributed by atoms with Crippen molar-refractivity contribution in [3.8, 4) is 0 Å². The molecular formula is C6H12INO4. The average molecular weight is 289 g/mol. The summed E-state index contributed by atoms with van der Waals surface area (Å²) in [7, 11) is 0. The Morgan fingerprint density at radius 2 is 2.08 bits per heavy atom. The van der Waals surface area contributed by atoms with E-state index in [9.17, 15) is 4.79 Å². The van der Waals surface area contributed by atoms with E-state index in [4.69, 9.17) is 9.99 Å². The molecule has 0 fully saturated rings. The second kappa shape index (κ2) is 7.71. The van der Waals surface area contributed by atoms with Crippen LogP contribution >= 0.6 is 22.9 Å². The van der Waals surface area contributed by atoms with Crippen molar-refractivity contribution in [2.45, 2.75) is 6.92 Å². The standard InChI is InChI=1S/C6H12INO4/c1-6(9)11-4-2-8(7)3-5-12-10/h10H,2-5H2,1H3. The lowest BCUT2D eigenvalue weighted by molar-refractivity contribution is -0.242. The minimum atomic E-state index is -0.279. The highest BCUT2D eigenvalue weighted by Gasteiger charge is 2.00. The zero-order valence-corrected chi connectivity index (χ0v) is 8.98. The summed E-state index contributed by atoms with van der Waals surface area (Å²) in [6, 6.07) is 0. The summed E-state index contributed by atoms with van der Waals surface area (Å²) < 4.78 is 6.56. The molecule has 0 aromatic heterocycles. The highest BCUT2D eigenvalue weighted by atomic mass is 127. The summed E-state index contributed by atoms with van der Waals surface area (Å²) in [4.78, 5) is 14.2. The Balaban J connectivity index is 3.19. The molecule has 0 saturated heterocycles. The van der Waals surface area contributed by atoms with Crippen molar-refractivity contribution in [1.82, 2.24) is 3.11 Å². The number of hydrogen-bond donors (Lipinski definition) is 1. The highest BCUT2D eigenvalue weighted by molar-refractivity contribution is 14.1. The molecule has 72 valence electrons. The normalized spacial score (nSPS) is 10.3. The second-order valence-corrected chi connectivity index (χ2v) is 3.45. The van der Waals surface area contributed by atoms with E-state index in [0.29, 0.717) is 19.7 Å². The Labute approximate surface area is 85.1 Å². The van der Waals surface area contributed by atoms with Gasteiger partial charge < -0.3 is 4.74 Å². The van der Waals surface area contributed by atoms with Gasteiger partial charge in [-0.3, -0.25) is 10.1 Å². The molecule has 0 saturated carbocycles. The van der Waals surface area contributed by atoms with Crippen LogP contribution in [0.5, 0.6) is 0 Å². The molecule has 0 aromatic rings. The topological polar surface area (TPSA) is 59.0 Å². The molecule has 5 nitrogen and oxygen atoms in total. The van der Waals surface area contributed by atoms with Crippen molar-refractivity contribution >= 4 is 28.8 Å². The van der Waals surface area contributed by atoms with E-state index >= 15 is 0 Å². The summed E-state index contributed by atoms with van der Waals surface area (Å²) in [5.41, 5.74) is 0. The molecule has 0 amide bonds. The van der Waals surface area contributed by atoms with Gasteiger partial charge in [0.15, 0.2) is 0 Å². The third kappa shape index (κ3) is 8.18. The molecule has 0 aliphatic heterocycles. The number of nitrogens with zero attached hydrogens (tertiary/aromatic N) is 1.